The van der Waals surface area contributed by atoms with Crippen LogP contribution in [0.3, 0.4) is 0 Å². The number of hydrogen-bond acceptors (Lipinski definition) is 4. The lowest BCUT2D eigenvalue weighted by Gasteiger charge is -2.26. The van der Waals surface area contributed by atoms with E-state index in [1.807, 2.05) is 0 Å². The first kappa shape index (κ1) is 19.9. The van der Waals surface area contributed by atoms with Gasteiger partial charge in [0.15, 0.2) is 0 Å². The Morgan fingerprint density at radius 2 is 1.78 bits per heavy atom. The van der Waals surface area contributed by atoms with Gasteiger partial charge >= 0.3 is 0 Å². The van der Waals surface area contributed by atoms with Crippen molar-refractivity contribution < 1.29 is 13.9 Å². The highest BCUT2D eigenvalue weighted by molar-refractivity contribution is 7.99. The van der Waals surface area contributed by atoms with Crippen molar-refractivity contribution in [2.45, 2.75) is 24.4 Å². The molecule has 4 nitrogen and oxygen atoms in total. The van der Waals surface area contributed by atoms with E-state index in [1.165, 1.54) is 23.4 Å². The standard InChI is InChI=1S/C21H25FN2O2S/c22-19-3-1-2-4-20(19)27-14-9-21(25)23-15-17-5-7-18(8-6-17)16-24-10-12-26-13-11-24/h1-8H,9-16H2,(H,23,25). The maximum atomic E-state index is 13.5. The van der Waals surface area contributed by atoms with Gasteiger partial charge in [-0.25, -0.2) is 4.39 Å². The highest BCUT2D eigenvalue weighted by Crippen LogP contribution is 2.21. The summed E-state index contributed by atoms with van der Waals surface area (Å²) in [6.07, 6.45) is 0.369. The maximum Gasteiger partial charge on any atom is 0.221 e. The van der Waals surface area contributed by atoms with Gasteiger partial charge in [-0.1, -0.05) is 36.4 Å². The topological polar surface area (TPSA) is 41.6 Å². The number of rotatable bonds is 8. The molecule has 1 heterocycles. The minimum absolute atomic E-state index is 0.0174. The third kappa shape index (κ3) is 6.65. The molecule has 2 aromatic carbocycles. The van der Waals surface area contributed by atoms with E-state index in [-0.39, 0.29) is 11.7 Å². The quantitative estimate of drug-likeness (QED) is 0.704. The van der Waals surface area contributed by atoms with Crippen molar-refractivity contribution in [1.29, 1.82) is 0 Å². The number of ether oxygens (including phenoxy) is 1. The predicted octanol–water partition coefficient (Wildman–Crippen LogP) is 3.46. The number of carbonyl (C=O) groups excluding carboxylic acids is 1. The van der Waals surface area contributed by atoms with Crippen LogP contribution in [0.5, 0.6) is 0 Å². The predicted molar refractivity (Wildman–Crippen MR) is 106 cm³/mol. The van der Waals surface area contributed by atoms with Crippen LogP contribution in [0.1, 0.15) is 17.5 Å². The Bertz CT molecular complexity index is 733. The molecule has 3 rings (SSSR count). The average Bonchev–Trinajstić information content (AvgIpc) is 2.70. The summed E-state index contributed by atoms with van der Waals surface area (Å²) in [6.45, 7) is 5.01. The van der Waals surface area contributed by atoms with E-state index in [0.29, 0.717) is 23.6 Å². The molecule has 0 unspecified atom stereocenters. The Balaban J connectivity index is 1.36. The SMILES string of the molecule is O=C(CCSc1ccccc1F)NCc1ccc(CN2CCOCC2)cc1. The Morgan fingerprint density at radius 3 is 2.52 bits per heavy atom. The van der Waals surface area contributed by atoms with Crippen LogP contribution in [-0.2, 0) is 22.6 Å². The van der Waals surface area contributed by atoms with Gasteiger partial charge in [0, 0.05) is 43.2 Å². The smallest absolute Gasteiger partial charge is 0.221 e. The zero-order chi connectivity index (χ0) is 18.9. The average molecular weight is 389 g/mol. The van der Waals surface area contributed by atoms with Crippen LogP contribution in [0.4, 0.5) is 4.39 Å². The van der Waals surface area contributed by atoms with Crippen LogP contribution < -0.4 is 5.32 Å². The number of morpholine rings is 1. The summed E-state index contributed by atoms with van der Waals surface area (Å²) < 4.78 is 18.9. The molecule has 1 aliphatic rings. The summed E-state index contributed by atoms with van der Waals surface area (Å²) in [5, 5.41) is 2.93. The number of halogens is 1. The van der Waals surface area contributed by atoms with Gasteiger partial charge in [-0.2, -0.15) is 0 Å². The fraction of sp³-hybridized carbons (Fsp3) is 0.381. The van der Waals surface area contributed by atoms with Crippen LogP contribution in [0.15, 0.2) is 53.4 Å². The third-order valence-electron chi connectivity index (χ3n) is 4.45. The largest absolute Gasteiger partial charge is 0.379 e. The molecule has 0 saturated carbocycles. The second-order valence-electron chi connectivity index (χ2n) is 6.51. The molecule has 0 spiro atoms. The first-order valence-electron chi connectivity index (χ1n) is 9.22. The molecular formula is C21H25FN2O2S. The molecular weight excluding hydrogens is 363 g/mol. The van der Waals surface area contributed by atoms with Gasteiger partial charge in [0.05, 0.1) is 13.2 Å². The summed E-state index contributed by atoms with van der Waals surface area (Å²) in [6, 6.07) is 15.0. The molecule has 0 radical (unpaired) electrons. The molecule has 6 heteroatoms. The zero-order valence-electron chi connectivity index (χ0n) is 15.3. The second kappa shape index (κ2) is 10.4. The van der Waals surface area contributed by atoms with E-state index in [9.17, 15) is 9.18 Å². The van der Waals surface area contributed by atoms with Gasteiger partial charge in [-0.15, -0.1) is 11.8 Å². The molecule has 144 valence electrons. The number of nitrogens with zero attached hydrogens (tertiary/aromatic N) is 1. The fourth-order valence-corrected chi connectivity index (χ4v) is 3.77. The molecule has 0 aliphatic carbocycles. The number of thioether (sulfide) groups is 1. The summed E-state index contributed by atoms with van der Waals surface area (Å²) in [5.41, 5.74) is 2.35. The number of nitrogens with one attached hydrogen (secondary N) is 1. The highest BCUT2D eigenvalue weighted by atomic mass is 32.2. The van der Waals surface area contributed by atoms with Gasteiger partial charge in [-0.3, -0.25) is 9.69 Å². The third-order valence-corrected chi connectivity index (χ3v) is 5.50. The van der Waals surface area contributed by atoms with E-state index in [4.69, 9.17) is 4.74 Å². The summed E-state index contributed by atoms with van der Waals surface area (Å²) >= 11 is 1.37. The van der Waals surface area contributed by atoms with Crippen LogP contribution in [0.25, 0.3) is 0 Å². The number of carbonyl (C=O) groups is 1. The first-order chi connectivity index (χ1) is 13.2. The van der Waals surface area contributed by atoms with Crippen molar-refractivity contribution in [2.24, 2.45) is 0 Å². The molecule has 1 N–H and O–H groups in total. The number of amides is 1. The lowest BCUT2D eigenvalue weighted by molar-refractivity contribution is -0.120. The van der Waals surface area contributed by atoms with Crippen LogP contribution in [0, 0.1) is 5.82 Å². The molecule has 2 aromatic rings. The highest BCUT2D eigenvalue weighted by Gasteiger charge is 2.10. The minimum atomic E-state index is -0.236. The number of benzene rings is 2. The Labute approximate surface area is 164 Å². The van der Waals surface area contributed by atoms with Crippen LogP contribution >= 0.6 is 11.8 Å². The lowest BCUT2D eigenvalue weighted by atomic mass is 10.1. The van der Waals surface area contributed by atoms with E-state index in [2.05, 4.69) is 34.5 Å². The van der Waals surface area contributed by atoms with Crippen molar-refractivity contribution in [3.63, 3.8) is 0 Å². The molecule has 1 saturated heterocycles. The van der Waals surface area contributed by atoms with E-state index < -0.39 is 0 Å². The van der Waals surface area contributed by atoms with Crippen molar-refractivity contribution in [3.05, 3.63) is 65.5 Å². The van der Waals surface area contributed by atoms with Crippen LogP contribution in [-0.4, -0.2) is 42.9 Å². The molecule has 0 bridgehead atoms. The zero-order valence-corrected chi connectivity index (χ0v) is 16.1. The first-order valence-corrected chi connectivity index (χ1v) is 10.2. The van der Waals surface area contributed by atoms with Gasteiger partial charge in [0.1, 0.15) is 5.82 Å². The molecule has 0 aromatic heterocycles. The lowest BCUT2D eigenvalue weighted by Crippen LogP contribution is -2.35. The van der Waals surface area contributed by atoms with Crippen molar-refractivity contribution in [2.75, 3.05) is 32.1 Å². The van der Waals surface area contributed by atoms with E-state index >= 15 is 0 Å². The number of hydrogen-bond donors (Lipinski definition) is 1. The van der Waals surface area contributed by atoms with Gasteiger partial charge < -0.3 is 10.1 Å². The van der Waals surface area contributed by atoms with E-state index in [0.717, 1.165) is 38.4 Å². The van der Waals surface area contributed by atoms with Crippen molar-refractivity contribution in [3.8, 4) is 0 Å². The molecule has 1 amide bonds. The molecule has 1 aliphatic heterocycles. The Kier molecular flexibility index (Phi) is 7.68. The summed E-state index contributed by atoms with van der Waals surface area (Å²) in [5.74, 6) is 0.307. The normalized spacial score (nSPS) is 14.9. The molecule has 1 fully saturated rings. The summed E-state index contributed by atoms with van der Waals surface area (Å²) in [4.78, 5) is 15.0. The fourth-order valence-electron chi connectivity index (χ4n) is 2.88. The Hall–Kier alpha value is -1.89. The van der Waals surface area contributed by atoms with Crippen LogP contribution in [0.2, 0.25) is 0 Å². The summed E-state index contributed by atoms with van der Waals surface area (Å²) in [7, 11) is 0. The van der Waals surface area contributed by atoms with Crippen molar-refractivity contribution in [1.82, 2.24) is 10.2 Å². The van der Waals surface area contributed by atoms with Crippen molar-refractivity contribution >= 4 is 17.7 Å². The maximum absolute atomic E-state index is 13.5. The van der Waals surface area contributed by atoms with Gasteiger partial charge in [0.2, 0.25) is 5.91 Å². The molecule has 27 heavy (non-hydrogen) atoms. The minimum Gasteiger partial charge on any atom is -0.379 e. The Morgan fingerprint density at radius 1 is 1.07 bits per heavy atom. The molecule has 0 atom stereocenters. The van der Waals surface area contributed by atoms with E-state index in [1.54, 1.807) is 18.2 Å². The van der Waals surface area contributed by atoms with Gasteiger partial charge in [-0.05, 0) is 23.3 Å². The monoisotopic (exact) mass is 388 g/mol. The second-order valence-corrected chi connectivity index (χ2v) is 7.65. The van der Waals surface area contributed by atoms with Gasteiger partial charge in [0.25, 0.3) is 0 Å².